The van der Waals surface area contributed by atoms with Crippen LogP contribution in [0.5, 0.6) is 5.75 Å². The molecule has 2 amide bonds. The van der Waals surface area contributed by atoms with E-state index in [0.29, 0.717) is 18.4 Å². The second kappa shape index (κ2) is 9.45. The number of sulfonamides is 1. The lowest BCUT2D eigenvalue weighted by molar-refractivity contribution is -0.128. The molecule has 1 aromatic carbocycles. The van der Waals surface area contributed by atoms with Crippen molar-refractivity contribution in [2.24, 2.45) is 5.41 Å². The minimum Gasteiger partial charge on any atom is -0.495 e. The number of hydrogen-bond acceptors (Lipinski definition) is 6. The minimum absolute atomic E-state index is 0.0239. The molecule has 1 aliphatic heterocycles. The predicted molar refractivity (Wildman–Crippen MR) is 123 cm³/mol. The number of thiocarbonyl (C=S) groups is 1. The second-order valence-corrected chi connectivity index (χ2v) is 10.1. The fourth-order valence-electron chi connectivity index (χ4n) is 3.91. The van der Waals surface area contributed by atoms with Crippen molar-refractivity contribution in [2.45, 2.75) is 56.5 Å². The number of carbonyl (C=O) groups excluding carboxylic acids is 2. The number of methoxy groups -OCH3 is 1. The van der Waals surface area contributed by atoms with E-state index in [1.54, 1.807) is 12.3 Å². The fourth-order valence-corrected chi connectivity index (χ4v) is 5.53. The van der Waals surface area contributed by atoms with E-state index in [1.807, 2.05) is 13.8 Å². The Morgan fingerprint density at radius 2 is 2.12 bits per heavy atom. The molecular formula is C21H28N4O5S2. The topological polar surface area (TPSA) is 126 Å². The average molecular weight is 481 g/mol. The molecule has 0 radical (unpaired) electrons. The van der Waals surface area contributed by atoms with Gasteiger partial charge in [0.05, 0.1) is 18.6 Å². The Morgan fingerprint density at radius 1 is 1.41 bits per heavy atom. The minimum atomic E-state index is -4.05. The van der Waals surface area contributed by atoms with Gasteiger partial charge in [0.15, 0.2) is 5.11 Å². The normalized spacial score (nSPS) is 21.2. The first-order valence-electron chi connectivity index (χ1n) is 10.4. The third kappa shape index (κ3) is 4.88. The van der Waals surface area contributed by atoms with Crippen LogP contribution in [0.2, 0.25) is 0 Å². The van der Waals surface area contributed by atoms with Gasteiger partial charge >= 0.3 is 0 Å². The number of nitrogens with one attached hydrogen (secondary N) is 4. The quantitative estimate of drug-likeness (QED) is 0.296. The van der Waals surface area contributed by atoms with Crippen LogP contribution in [0.3, 0.4) is 0 Å². The molecule has 2 unspecified atom stereocenters. The van der Waals surface area contributed by atoms with Gasteiger partial charge < -0.3 is 20.7 Å². The highest BCUT2D eigenvalue weighted by atomic mass is 32.2. The van der Waals surface area contributed by atoms with Crippen LogP contribution in [0.15, 0.2) is 34.9 Å². The van der Waals surface area contributed by atoms with Crippen LogP contribution in [0.1, 0.15) is 51.1 Å². The van der Waals surface area contributed by atoms with E-state index in [-0.39, 0.29) is 34.1 Å². The van der Waals surface area contributed by atoms with Crippen molar-refractivity contribution in [3.05, 3.63) is 35.5 Å². The molecule has 0 spiro atoms. The third-order valence-corrected chi connectivity index (χ3v) is 7.77. The van der Waals surface area contributed by atoms with Crippen molar-refractivity contribution in [1.82, 2.24) is 20.7 Å². The van der Waals surface area contributed by atoms with Crippen LogP contribution in [-0.4, -0.2) is 39.0 Å². The molecule has 1 aliphatic carbocycles. The summed E-state index contributed by atoms with van der Waals surface area (Å²) < 4.78 is 33.7. The van der Waals surface area contributed by atoms with Crippen molar-refractivity contribution in [2.75, 3.05) is 7.11 Å². The highest BCUT2D eigenvalue weighted by Gasteiger charge is 2.44. The van der Waals surface area contributed by atoms with Gasteiger partial charge in [-0.2, -0.15) is 0 Å². The summed E-state index contributed by atoms with van der Waals surface area (Å²) in [6.45, 7) is 3.77. The molecule has 1 heterocycles. The first kappa shape index (κ1) is 24.0. The number of ether oxygens (including phenoxy) is 1. The van der Waals surface area contributed by atoms with Gasteiger partial charge in [-0.15, -0.1) is 0 Å². The lowest BCUT2D eigenvalue weighted by Gasteiger charge is -2.31. The molecule has 1 saturated carbocycles. The highest BCUT2D eigenvalue weighted by Crippen LogP contribution is 2.43. The summed E-state index contributed by atoms with van der Waals surface area (Å²) >= 11 is 5.12. The maximum Gasteiger partial charge on any atom is 0.267 e. The molecular weight excluding hydrogens is 452 g/mol. The van der Waals surface area contributed by atoms with Gasteiger partial charge in [0.1, 0.15) is 10.6 Å². The highest BCUT2D eigenvalue weighted by molar-refractivity contribution is 7.92. The fraction of sp³-hybridized carbons (Fsp3) is 0.476. The molecule has 174 valence electrons. The predicted octanol–water partition coefficient (Wildman–Crippen LogP) is 1.62. The monoisotopic (exact) mass is 480 g/mol. The maximum absolute atomic E-state index is 13.0. The first-order valence-corrected chi connectivity index (χ1v) is 12.2. The summed E-state index contributed by atoms with van der Waals surface area (Å²) in [5, 5.41) is 8.44. The molecule has 1 aromatic rings. The summed E-state index contributed by atoms with van der Waals surface area (Å²) in [6.07, 6.45) is 4.91. The van der Waals surface area contributed by atoms with Crippen molar-refractivity contribution in [3.8, 4) is 5.75 Å². The van der Waals surface area contributed by atoms with Gasteiger partial charge in [0, 0.05) is 12.2 Å². The Balaban J connectivity index is 1.95. The molecule has 0 saturated heterocycles. The standard InChI is InChI=1S/C21H28N4O5S2/c1-4-21(13(2)11-22-19(21)27)10-16(23-12-26)14-5-8-17(30-3)18(9-14)32(28,29)25-20(31)24-15-6-7-15/h5,8-9,11-12,15-16H,4,6-7,10H2,1-3H3,(H,22,27)(H,23,26)(H2,24,25,31). The Hall–Kier alpha value is -2.66. The van der Waals surface area contributed by atoms with Crippen molar-refractivity contribution >= 4 is 39.7 Å². The zero-order chi connectivity index (χ0) is 23.5. The van der Waals surface area contributed by atoms with Crippen LogP contribution in [-0.2, 0) is 19.6 Å². The van der Waals surface area contributed by atoms with Gasteiger partial charge in [-0.3, -0.25) is 14.3 Å². The molecule has 1 fully saturated rings. The molecule has 4 N–H and O–H groups in total. The second-order valence-electron chi connectivity index (χ2n) is 8.04. The zero-order valence-electron chi connectivity index (χ0n) is 18.2. The van der Waals surface area contributed by atoms with Gasteiger partial charge in [0.25, 0.3) is 10.0 Å². The Bertz CT molecular complexity index is 1050. The van der Waals surface area contributed by atoms with E-state index in [2.05, 4.69) is 20.7 Å². The molecule has 11 heteroatoms. The zero-order valence-corrected chi connectivity index (χ0v) is 19.9. The molecule has 32 heavy (non-hydrogen) atoms. The molecule has 9 nitrogen and oxygen atoms in total. The summed E-state index contributed by atoms with van der Waals surface area (Å²) in [4.78, 5) is 23.9. The van der Waals surface area contributed by atoms with Crippen LogP contribution in [0.4, 0.5) is 0 Å². The average Bonchev–Trinajstić information content (AvgIpc) is 3.52. The van der Waals surface area contributed by atoms with Crippen LogP contribution < -0.4 is 25.4 Å². The van der Waals surface area contributed by atoms with E-state index in [4.69, 9.17) is 17.0 Å². The summed E-state index contributed by atoms with van der Waals surface area (Å²) in [5.41, 5.74) is 0.593. The lowest BCUT2D eigenvalue weighted by Crippen LogP contribution is -2.40. The van der Waals surface area contributed by atoms with Gasteiger partial charge in [-0.05, 0) is 68.1 Å². The van der Waals surface area contributed by atoms with Crippen LogP contribution in [0, 0.1) is 5.41 Å². The van der Waals surface area contributed by atoms with Gasteiger partial charge in [-0.1, -0.05) is 13.0 Å². The number of rotatable bonds is 10. The van der Waals surface area contributed by atoms with Crippen LogP contribution >= 0.6 is 12.2 Å². The molecule has 0 aromatic heterocycles. The molecule has 2 atom stereocenters. The SMILES string of the molecule is CCC1(CC(NC=O)c2ccc(OC)c(S(=O)(=O)NC(=S)NC3CC3)c2)C(=O)NC=C1C. The largest absolute Gasteiger partial charge is 0.495 e. The van der Waals surface area contributed by atoms with E-state index in [9.17, 15) is 18.0 Å². The van der Waals surface area contributed by atoms with E-state index < -0.39 is 21.5 Å². The first-order chi connectivity index (χ1) is 15.2. The number of hydrogen-bond donors (Lipinski definition) is 4. The maximum atomic E-state index is 13.0. The van der Waals surface area contributed by atoms with Gasteiger partial charge in [0.2, 0.25) is 12.3 Å². The smallest absolute Gasteiger partial charge is 0.267 e. The van der Waals surface area contributed by atoms with E-state index in [0.717, 1.165) is 18.4 Å². The third-order valence-electron chi connectivity index (χ3n) is 6.05. The molecule has 3 rings (SSSR count). The van der Waals surface area contributed by atoms with Crippen molar-refractivity contribution in [1.29, 1.82) is 0 Å². The van der Waals surface area contributed by atoms with E-state index >= 15 is 0 Å². The van der Waals surface area contributed by atoms with Gasteiger partial charge in [-0.25, -0.2) is 8.42 Å². The number of benzene rings is 1. The van der Waals surface area contributed by atoms with Crippen molar-refractivity contribution in [3.63, 3.8) is 0 Å². The molecule has 2 aliphatic rings. The Kier molecular flexibility index (Phi) is 7.09. The Morgan fingerprint density at radius 3 is 2.66 bits per heavy atom. The summed E-state index contributed by atoms with van der Waals surface area (Å²) in [6, 6.07) is 4.23. The van der Waals surface area contributed by atoms with Crippen LogP contribution in [0.25, 0.3) is 0 Å². The van der Waals surface area contributed by atoms with Crippen molar-refractivity contribution < 1.29 is 22.7 Å². The number of amides is 2. The summed E-state index contributed by atoms with van der Waals surface area (Å²) in [5.74, 6) is -0.00469. The lowest BCUT2D eigenvalue weighted by atomic mass is 9.73. The Labute approximate surface area is 193 Å². The van der Waals surface area contributed by atoms with E-state index in [1.165, 1.54) is 19.2 Å². The number of carbonyl (C=O) groups is 2. The summed E-state index contributed by atoms with van der Waals surface area (Å²) in [7, 11) is -2.67. The molecule has 0 bridgehead atoms.